The number of carboxylic acids is 1. The molecule has 0 bridgehead atoms. The lowest BCUT2D eigenvalue weighted by Gasteiger charge is -2.19. The number of nitrogens with one attached hydrogen (secondary N) is 1. The van der Waals surface area contributed by atoms with E-state index in [4.69, 9.17) is 14.6 Å². The van der Waals surface area contributed by atoms with Crippen LogP contribution in [0.4, 0.5) is 10.5 Å². The second-order valence-corrected chi connectivity index (χ2v) is 4.52. The number of hydrogen-bond acceptors (Lipinski definition) is 4. The summed E-state index contributed by atoms with van der Waals surface area (Å²) in [7, 11) is 1.53. The minimum atomic E-state index is -0.951. The molecule has 0 aliphatic heterocycles. The molecule has 22 heavy (non-hydrogen) atoms. The number of urea groups is 1. The van der Waals surface area contributed by atoms with Crippen LogP contribution in [-0.2, 0) is 4.79 Å². The zero-order valence-corrected chi connectivity index (χ0v) is 13.1. The van der Waals surface area contributed by atoms with Crippen molar-refractivity contribution in [1.29, 1.82) is 0 Å². The molecule has 7 nitrogen and oxygen atoms in total. The summed E-state index contributed by atoms with van der Waals surface area (Å²) in [6.07, 6.45) is -0.110. The maximum Gasteiger partial charge on any atom is 0.321 e. The highest BCUT2D eigenvalue weighted by Crippen LogP contribution is 2.29. The molecule has 0 heterocycles. The molecule has 0 aromatic heterocycles. The highest BCUT2D eigenvalue weighted by molar-refractivity contribution is 5.91. The van der Waals surface area contributed by atoms with Gasteiger partial charge in [-0.1, -0.05) is 0 Å². The van der Waals surface area contributed by atoms with Gasteiger partial charge in [-0.3, -0.25) is 4.79 Å². The predicted molar refractivity (Wildman–Crippen MR) is 82.7 cm³/mol. The van der Waals surface area contributed by atoms with E-state index in [-0.39, 0.29) is 13.0 Å². The first kappa shape index (κ1) is 17.6. The molecule has 0 aliphatic rings. The number of ether oxygens (including phenoxy) is 2. The van der Waals surface area contributed by atoms with Crippen molar-refractivity contribution >= 4 is 17.7 Å². The van der Waals surface area contributed by atoms with Gasteiger partial charge in [-0.05, 0) is 26.0 Å². The van der Waals surface area contributed by atoms with Crippen LogP contribution in [0.1, 0.15) is 20.3 Å². The van der Waals surface area contributed by atoms with Gasteiger partial charge in [-0.15, -0.1) is 0 Å². The Bertz CT molecular complexity index is 519. The second-order valence-electron chi connectivity index (χ2n) is 4.52. The van der Waals surface area contributed by atoms with Crippen molar-refractivity contribution in [1.82, 2.24) is 4.90 Å². The van der Waals surface area contributed by atoms with Crippen LogP contribution >= 0.6 is 0 Å². The van der Waals surface area contributed by atoms with E-state index in [0.29, 0.717) is 30.4 Å². The van der Waals surface area contributed by atoms with E-state index in [1.165, 1.54) is 11.9 Å². The Hall–Kier alpha value is -2.44. The number of aliphatic carboxylic acids is 1. The van der Waals surface area contributed by atoms with Crippen LogP contribution in [0.5, 0.6) is 11.5 Å². The Morgan fingerprint density at radius 1 is 1.23 bits per heavy atom. The molecule has 2 amide bonds. The Balaban J connectivity index is 2.81. The van der Waals surface area contributed by atoms with Crippen molar-refractivity contribution in [3.05, 3.63) is 18.2 Å². The average Bonchev–Trinajstić information content (AvgIpc) is 2.47. The largest absolute Gasteiger partial charge is 0.494 e. The van der Waals surface area contributed by atoms with Gasteiger partial charge < -0.3 is 24.8 Å². The van der Waals surface area contributed by atoms with Crippen LogP contribution in [0, 0.1) is 0 Å². The summed E-state index contributed by atoms with van der Waals surface area (Å²) in [6.45, 7) is 4.82. The summed E-state index contributed by atoms with van der Waals surface area (Å²) < 4.78 is 10.9. The van der Waals surface area contributed by atoms with E-state index in [1.54, 1.807) is 18.2 Å². The van der Waals surface area contributed by atoms with Gasteiger partial charge in [0.15, 0.2) is 0 Å². The standard InChI is InChI=1S/C15H22N2O5/c1-4-21-11-6-7-13(22-5-2)12(10-11)16-15(20)17(3)9-8-14(18)19/h6-7,10H,4-5,8-9H2,1-3H3,(H,16,20)(H,18,19). The van der Waals surface area contributed by atoms with E-state index in [1.807, 2.05) is 13.8 Å². The fourth-order valence-corrected chi connectivity index (χ4v) is 1.72. The van der Waals surface area contributed by atoms with Crippen molar-refractivity contribution in [3.63, 3.8) is 0 Å². The van der Waals surface area contributed by atoms with Crippen LogP contribution in [0.25, 0.3) is 0 Å². The molecule has 122 valence electrons. The average molecular weight is 310 g/mol. The molecule has 1 rings (SSSR count). The number of rotatable bonds is 8. The number of hydrogen-bond donors (Lipinski definition) is 2. The third kappa shape index (κ3) is 5.51. The van der Waals surface area contributed by atoms with Gasteiger partial charge in [-0.25, -0.2) is 4.79 Å². The minimum absolute atomic E-state index is 0.110. The first-order valence-electron chi connectivity index (χ1n) is 7.11. The van der Waals surface area contributed by atoms with Crippen molar-refractivity contribution in [3.8, 4) is 11.5 Å². The monoisotopic (exact) mass is 310 g/mol. The van der Waals surface area contributed by atoms with Gasteiger partial charge in [-0.2, -0.15) is 0 Å². The van der Waals surface area contributed by atoms with Gasteiger partial charge in [0.2, 0.25) is 0 Å². The zero-order chi connectivity index (χ0) is 16.5. The highest BCUT2D eigenvalue weighted by Gasteiger charge is 2.14. The smallest absolute Gasteiger partial charge is 0.321 e. The summed E-state index contributed by atoms with van der Waals surface area (Å²) in [6, 6.07) is 4.76. The Labute approximate surface area is 129 Å². The lowest BCUT2D eigenvalue weighted by atomic mass is 10.2. The second kappa shape index (κ2) is 8.76. The summed E-state index contributed by atoms with van der Waals surface area (Å²) in [5.41, 5.74) is 0.486. The molecule has 2 N–H and O–H groups in total. The van der Waals surface area contributed by atoms with Crippen LogP contribution in [0.3, 0.4) is 0 Å². The lowest BCUT2D eigenvalue weighted by molar-refractivity contribution is -0.137. The summed E-state index contributed by atoms with van der Waals surface area (Å²) in [4.78, 5) is 23.9. The van der Waals surface area contributed by atoms with E-state index < -0.39 is 12.0 Å². The van der Waals surface area contributed by atoms with Gasteiger partial charge in [0.25, 0.3) is 0 Å². The van der Waals surface area contributed by atoms with Crippen molar-refractivity contribution in [2.75, 3.05) is 32.1 Å². The number of anilines is 1. The van der Waals surface area contributed by atoms with E-state index >= 15 is 0 Å². The zero-order valence-electron chi connectivity index (χ0n) is 13.1. The third-order valence-corrected chi connectivity index (χ3v) is 2.81. The topological polar surface area (TPSA) is 88.1 Å². The summed E-state index contributed by atoms with van der Waals surface area (Å²) in [5.74, 6) is 0.202. The van der Waals surface area contributed by atoms with Crippen LogP contribution in [0.15, 0.2) is 18.2 Å². The molecule has 0 unspecified atom stereocenters. The normalized spacial score (nSPS) is 9.95. The SMILES string of the molecule is CCOc1ccc(OCC)c(NC(=O)N(C)CCC(=O)O)c1. The number of carbonyl (C=O) groups excluding carboxylic acids is 1. The molecule has 7 heteroatoms. The lowest BCUT2D eigenvalue weighted by Crippen LogP contribution is -2.33. The molecule has 0 aliphatic carbocycles. The molecule has 0 fully saturated rings. The number of amides is 2. The molecule has 0 spiro atoms. The van der Waals surface area contributed by atoms with E-state index in [0.717, 1.165) is 0 Å². The van der Waals surface area contributed by atoms with Gasteiger partial charge in [0.1, 0.15) is 11.5 Å². The molecule has 0 saturated heterocycles. The fourth-order valence-electron chi connectivity index (χ4n) is 1.72. The van der Waals surface area contributed by atoms with Crippen LogP contribution < -0.4 is 14.8 Å². The fraction of sp³-hybridized carbons (Fsp3) is 0.467. The first-order valence-corrected chi connectivity index (χ1v) is 7.11. The Morgan fingerprint density at radius 3 is 2.50 bits per heavy atom. The summed E-state index contributed by atoms with van der Waals surface area (Å²) in [5, 5.41) is 11.4. The molecular formula is C15H22N2O5. The molecule has 0 radical (unpaired) electrons. The quantitative estimate of drug-likeness (QED) is 0.770. The Morgan fingerprint density at radius 2 is 1.91 bits per heavy atom. The van der Waals surface area contributed by atoms with Crippen molar-refractivity contribution < 1.29 is 24.2 Å². The molecule has 0 atom stereocenters. The number of nitrogens with zero attached hydrogens (tertiary/aromatic N) is 1. The maximum atomic E-state index is 12.1. The highest BCUT2D eigenvalue weighted by atomic mass is 16.5. The third-order valence-electron chi connectivity index (χ3n) is 2.81. The first-order chi connectivity index (χ1) is 10.5. The van der Waals surface area contributed by atoms with Crippen LogP contribution in [0.2, 0.25) is 0 Å². The van der Waals surface area contributed by atoms with Gasteiger partial charge in [0, 0.05) is 19.7 Å². The molecule has 1 aromatic rings. The molecular weight excluding hydrogens is 288 g/mol. The van der Waals surface area contributed by atoms with Gasteiger partial charge in [0.05, 0.1) is 25.3 Å². The van der Waals surface area contributed by atoms with Crippen LogP contribution in [-0.4, -0.2) is 48.8 Å². The number of carboxylic acid groups (broad SMARTS) is 1. The number of benzene rings is 1. The predicted octanol–water partition coefficient (Wildman–Crippen LogP) is 2.42. The minimum Gasteiger partial charge on any atom is -0.494 e. The summed E-state index contributed by atoms with van der Waals surface area (Å²) >= 11 is 0. The van der Waals surface area contributed by atoms with E-state index in [2.05, 4.69) is 5.32 Å². The molecule has 0 saturated carbocycles. The van der Waals surface area contributed by atoms with Crippen molar-refractivity contribution in [2.24, 2.45) is 0 Å². The molecule has 1 aromatic carbocycles. The van der Waals surface area contributed by atoms with E-state index in [9.17, 15) is 9.59 Å². The van der Waals surface area contributed by atoms with Crippen molar-refractivity contribution in [2.45, 2.75) is 20.3 Å². The van der Waals surface area contributed by atoms with Gasteiger partial charge >= 0.3 is 12.0 Å². The maximum absolute atomic E-state index is 12.1. The number of carbonyl (C=O) groups is 2. The Kier molecular flexibility index (Phi) is 7.01.